The maximum Gasteiger partial charge on any atom is 0.410 e. The number of nitrogens with zero attached hydrogens (tertiary/aromatic N) is 2. The zero-order valence-electron chi connectivity index (χ0n) is 16.2. The number of β-amino-alcohol motifs (C(OH)–C–C–N with tert-alkyl or cyclic N) is 1. The molecule has 4 rings (SSSR count). The fourth-order valence-electron chi connectivity index (χ4n) is 3.68. The number of hydrogen-bond donors (Lipinski definition) is 2. The molecule has 0 spiro atoms. The Morgan fingerprint density at radius 2 is 2.27 bits per heavy atom. The molecule has 2 amide bonds. The summed E-state index contributed by atoms with van der Waals surface area (Å²) >= 11 is 2.91. The van der Waals surface area contributed by atoms with Gasteiger partial charge in [0.2, 0.25) is 5.91 Å². The number of anilines is 1. The van der Waals surface area contributed by atoms with Gasteiger partial charge in [-0.15, -0.1) is 22.7 Å². The summed E-state index contributed by atoms with van der Waals surface area (Å²) < 4.78 is 5.63. The average Bonchev–Trinajstić information content (AvgIpc) is 3.45. The predicted molar refractivity (Wildman–Crippen MR) is 116 cm³/mol. The molecule has 30 heavy (non-hydrogen) atoms. The van der Waals surface area contributed by atoms with E-state index in [1.54, 1.807) is 6.08 Å². The van der Waals surface area contributed by atoms with Crippen LogP contribution < -0.4 is 5.32 Å². The second-order valence-corrected chi connectivity index (χ2v) is 9.38. The molecule has 2 atom stereocenters. The third-order valence-corrected chi connectivity index (χ3v) is 7.21. The SMILES string of the molecule is N#Cc1c(NC(=O)C=Cc2cccs2)sc2c1CCC(OC(=O)N1CCC(O)C1)C2. The monoisotopic (exact) mass is 443 g/mol. The number of hydrogen-bond acceptors (Lipinski definition) is 7. The third-order valence-electron chi connectivity index (χ3n) is 5.20. The molecule has 2 unspecified atom stereocenters. The number of carbonyl (C=O) groups is 2. The Balaban J connectivity index is 1.41. The largest absolute Gasteiger partial charge is 0.446 e. The normalized spacial score (nSPS) is 20.7. The molecule has 3 heterocycles. The van der Waals surface area contributed by atoms with E-state index >= 15 is 0 Å². The van der Waals surface area contributed by atoms with Gasteiger partial charge in [0, 0.05) is 35.3 Å². The van der Waals surface area contributed by atoms with Crippen LogP contribution in [0.3, 0.4) is 0 Å². The van der Waals surface area contributed by atoms with E-state index in [1.165, 1.54) is 33.6 Å². The smallest absolute Gasteiger partial charge is 0.410 e. The zero-order valence-corrected chi connectivity index (χ0v) is 17.8. The van der Waals surface area contributed by atoms with Crippen molar-refractivity contribution in [3.05, 3.63) is 44.5 Å². The molecule has 2 aromatic heterocycles. The zero-order chi connectivity index (χ0) is 21.1. The number of fused-ring (bicyclic) bond motifs is 1. The van der Waals surface area contributed by atoms with Crippen LogP contribution in [0.2, 0.25) is 0 Å². The Labute approximate surface area is 182 Å². The number of aliphatic hydroxyl groups is 1. The number of amides is 2. The standard InChI is InChI=1S/C21H21N3O4S2/c22-11-17-16-5-3-14(28-21(27)24-8-7-13(25)12-24)10-18(16)30-20(17)23-19(26)6-4-15-2-1-9-29-15/h1-2,4,6,9,13-14,25H,3,5,7-8,10,12H2,(H,23,26). The molecule has 0 saturated carbocycles. The summed E-state index contributed by atoms with van der Waals surface area (Å²) in [5, 5.41) is 24.5. The van der Waals surface area contributed by atoms with Crippen LogP contribution in [-0.2, 0) is 22.4 Å². The summed E-state index contributed by atoms with van der Waals surface area (Å²) in [5.41, 5.74) is 1.43. The van der Waals surface area contributed by atoms with Gasteiger partial charge in [0.05, 0.1) is 11.7 Å². The molecule has 0 bridgehead atoms. The fraction of sp³-hybridized carbons (Fsp3) is 0.381. The highest BCUT2D eigenvalue weighted by atomic mass is 32.1. The van der Waals surface area contributed by atoms with Crippen LogP contribution in [0.1, 0.15) is 33.7 Å². The van der Waals surface area contributed by atoms with Crippen molar-refractivity contribution in [1.82, 2.24) is 4.90 Å². The lowest BCUT2D eigenvalue weighted by atomic mass is 9.94. The first-order chi connectivity index (χ1) is 14.5. The van der Waals surface area contributed by atoms with Crippen molar-refractivity contribution >= 4 is 45.8 Å². The lowest BCUT2D eigenvalue weighted by Crippen LogP contribution is -2.35. The van der Waals surface area contributed by atoms with Gasteiger partial charge in [-0.3, -0.25) is 4.79 Å². The molecule has 9 heteroatoms. The van der Waals surface area contributed by atoms with Crippen LogP contribution in [0.5, 0.6) is 0 Å². The number of thiophene rings is 2. The van der Waals surface area contributed by atoms with Gasteiger partial charge in [-0.1, -0.05) is 6.07 Å². The quantitative estimate of drug-likeness (QED) is 0.705. The van der Waals surface area contributed by atoms with Crippen molar-refractivity contribution < 1.29 is 19.4 Å². The molecule has 7 nitrogen and oxygen atoms in total. The van der Waals surface area contributed by atoms with Gasteiger partial charge >= 0.3 is 6.09 Å². The number of rotatable bonds is 4. The van der Waals surface area contributed by atoms with E-state index in [-0.39, 0.29) is 12.0 Å². The highest BCUT2D eigenvalue weighted by Crippen LogP contribution is 2.38. The first kappa shape index (κ1) is 20.6. The van der Waals surface area contributed by atoms with E-state index < -0.39 is 12.2 Å². The molecular weight excluding hydrogens is 422 g/mol. The minimum atomic E-state index is -0.481. The van der Waals surface area contributed by atoms with Crippen molar-refractivity contribution in [2.75, 3.05) is 18.4 Å². The minimum absolute atomic E-state index is 0.268. The van der Waals surface area contributed by atoms with Gasteiger partial charge in [-0.05, 0) is 42.3 Å². The number of carbonyl (C=O) groups excluding carboxylic acids is 2. The molecule has 0 aromatic carbocycles. The maximum atomic E-state index is 12.3. The van der Waals surface area contributed by atoms with E-state index in [9.17, 15) is 20.0 Å². The topological polar surface area (TPSA) is 103 Å². The summed E-state index contributed by atoms with van der Waals surface area (Å²) in [5.74, 6) is -0.283. The first-order valence-corrected chi connectivity index (χ1v) is 11.4. The Kier molecular flexibility index (Phi) is 6.18. The second-order valence-electron chi connectivity index (χ2n) is 7.29. The van der Waals surface area contributed by atoms with Crippen molar-refractivity contribution in [2.24, 2.45) is 0 Å². The van der Waals surface area contributed by atoms with Gasteiger partial charge in [-0.2, -0.15) is 5.26 Å². The third kappa shape index (κ3) is 4.56. The lowest BCUT2D eigenvalue weighted by molar-refractivity contribution is -0.111. The molecule has 156 valence electrons. The predicted octanol–water partition coefficient (Wildman–Crippen LogP) is 3.39. The molecule has 2 N–H and O–H groups in total. The maximum absolute atomic E-state index is 12.3. The molecular formula is C21H21N3O4S2. The van der Waals surface area contributed by atoms with Gasteiger partial charge in [0.25, 0.3) is 0 Å². The van der Waals surface area contributed by atoms with E-state index in [4.69, 9.17) is 4.74 Å². The van der Waals surface area contributed by atoms with Gasteiger partial charge in [0.1, 0.15) is 17.2 Å². The van der Waals surface area contributed by atoms with Gasteiger partial charge in [-0.25, -0.2) is 4.79 Å². The fourth-order valence-corrected chi connectivity index (χ4v) is 5.57. The Bertz CT molecular complexity index is 1010. The highest BCUT2D eigenvalue weighted by Gasteiger charge is 2.31. The molecule has 1 saturated heterocycles. The molecule has 1 fully saturated rings. The van der Waals surface area contributed by atoms with Crippen LogP contribution in [0, 0.1) is 11.3 Å². The van der Waals surface area contributed by atoms with E-state index in [0.29, 0.717) is 49.3 Å². The van der Waals surface area contributed by atoms with Crippen molar-refractivity contribution in [2.45, 2.75) is 37.9 Å². The Morgan fingerprint density at radius 3 is 2.97 bits per heavy atom. The van der Waals surface area contributed by atoms with Crippen molar-refractivity contribution in [3.8, 4) is 6.07 Å². The van der Waals surface area contributed by atoms with Gasteiger partial charge < -0.3 is 20.1 Å². The summed E-state index contributed by atoms with van der Waals surface area (Å²) in [4.78, 5) is 28.0. The summed E-state index contributed by atoms with van der Waals surface area (Å²) in [6, 6.07) is 6.05. The molecule has 0 radical (unpaired) electrons. The van der Waals surface area contributed by atoms with Crippen molar-refractivity contribution in [3.63, 3.8) is 0 Å². The average molecular weight is 444 g/mol. The van der Waals surface area contributed by atoms with Crippen LogP contribution in [0.4, 0.5) is 9.80 Å². The number of likely N-dealkylation sites (tertiary alicyclic amines) is 1. The number of nitriles is 1. The molecule has 2 aromatic rings. The minimum Gasteiger partial charge on any atom is -0.446 e. The van der Waals surface area contributed by atoms with Crippen LogP contribution in [0.25, 0.3) is 6.08 Å². The first-order valence-electron chi connectivity index (χ1n) is 9.74. The van der Waals surface area contributed by atoms with E-state index in [0.717, 1.165) is 15.3 Å². The number of nitrogens with one attached hydrogen (secondary N) is 1. The van der Waals surface area contributed by atoms with Gasteiger partial charge in [0.15, 0.2) is 0 Å². The molecule has 2 aliphatic rings. The lowest BCUT2D eigenvalue weighted by Gasteiger charge is -2.25. The summed E-state index contributed by atoms with van der Waals surface area (Å²) in [6.07, 6.45) is 4.40. The number of ether oxygens (including phenoxy) is 1. The van der Waals surface area contributed by atoms with Crippen LogP contribution >= 0.6 is 22.7 Å². The Morgan fingerprint density at radius 1 is 1.40 bits per heavy atom. The van der Waals surface area contributed by atoms with Crippen LogP contribution in [0.15, 0.2) is 23.6 Å². The van der Waals surface area contributed by atoms with E-state index in [2.05, 4.69) is 11.4 Å². The summed E-state index contributed by atoms with van der Waals surface area (Å²) in [6.45, 7) is 0.814. The molecule has 1 aliphatic heterocycles. The molecule has 1 aliphatic carbocycles. The highest BCUT2D eigenvalue weighted by molar-refractivity contribution is 7.16. The number of aliphatic hydroxyl groups excluding tert-OH is 1. The van der Waals surface area contributed by atoms with Crippen LogP contribution in [-0.4, -0.2) is 47.3 Å². The van der Waals surface area contributed by atoms with E-state index in [1.807, 2.05) is 17.5 Å². The summed E-state index contributed by atoms with van der Waals surface area (Å²) in [7, 11) is 0. The second kappa shape index (κ2) is 9.00. The van der Waals surface area contributed by atoms with Crippen molar-refractivity contribution in [1.29, 1.82) is 5.26 Å². The Hall–Kier alpha value is -2.67.